The standard InChI is InChI=1S/C21H22ClN3O/c22-20-7-5-19(6-8-20)21-16-24(11-12-26-21)14-17-3-1-4-18(13-17)15-25-10-2-9-23-25/h1-10,13,21H,11-12,14-16H2. The van der Waals surface area contributed by atoms with Crippen molar-refractivity contribution in [2.75, 3.05) is 19.7 Å². The van der Waals surface area contributed by atoms with Crippen molar-refractivity contribution < 1.29 is 4.74 Å². The lowest BCUT2D eigenvalue weighted by molar-refractivity contribution is -0.0329. The van der Waals surface area contributed by atoms with E-state index in [9.17, 15) is 0 Å². The van der Waals surface area contributed by atoms with Gasteiger partial charge in [0.1, 0.15) is 0 Å². The van der Waals surface area contributed by atoms with E-state index in [4.69, 9.17) is 16.3 Å². The van der Waals surface area contributed by atoms with Crippen molar-refractivity contribution in [1.29, 1.82) is 0 Å². The molecule has 0 spiro atoms. The molecule has 1 fully saturated rings. The van der Waals surface area contributed by atoms with Gasteiger partial charge in [-0.3, -0.25) is 9.58 Å². The fourth-order valence-electron chi connectivity index (χ4n) is 3.39. The number of rotatable bonds is 5. The number of nitrogens with zero attached hydrogens (tertiary/aromatic N) is 3. The average Bonchev–Trinajstić information content (AvgIpc) is 3.16. The molecule has 1 unspecified atom stereocenters. The molecule has 2 heterocycles. The quantitative estimate of drug-likeness (QED) is 0.678. The van der Waals surface area contributed by atoms with E-state index in [2.05, 4.69) is 46.4 Å². The smallest absolute Gasteiger partial charge is 0.0952 e. The molecule has 26 heavy (non-hydrogen) atoms. The summed E-state index contributed by atoms with van der Waals surface area (Å²) in [6, 6.07) is 18.7. The third kappa shape index (κ3) is 4.33. The minimum Gasteiger partial charge on any atom is -0.371 e. The average molecular weight is 368 g/mol. The highest BCUT2D eigenvalue weighted by molar-refractivity contribution is 6.30. The van der Waals surface area contributed by atoms with E-state index in [1.165, 1.54) is 16.7 Å². The monoisotopic (exact) mass is 367 g/mol. The highest BCUT2D eigenvalue weighted by atomic mass is 35.5. The largest absolute Gasteiger partial charge is 0.371 e. The lowest BCUT2D eigenvalue weighted by Gasteiger charge is -2.33. The molecule has 5 heteroatoms. The van der Waals surface area contributed by atoms with E-state index in [-0.39, 0.29) is 6.10 Å². The molecule has 2 aromatic carbocycles. The van der Waals surface area contributed by atoms with Crippen LogP contribution in [0.2, 0.25) is 5.02 Å². The van der Waals surface area contributed by atoms with Crippen LogP contribution in [0.4, 0.5) is 0 Å². The van der Waals surface area contributed by atoms with E-state index in [1.54, 1.807) is 0 Å². The van der Waals surface area contributed by atoms with Crippen molar-refractivity contribution in [1.82, 2.24) is 14.7 Å². The van der Waals surface area contributed by atoms with Gasteiger partial charge in [0.05, 0.1) is 19.3 Å². The summed E-state index contributed by atoms with van der Waals surface area (Å²) in [6.45, 7) is 4.33. The predicted molar refractivity (Wildman–Crippen MR) is 103 cm³/mol. The molecule has 4 rings (SSSR count). The van der Waals surface area contributed by atoms with Gasteiger partial charge in [0, 0.05) is 37.1 Å². The Bertz CT molecular complexity index is 833. The topological polar surface area (TPSA) is 30.3 Å². The summed E-state index contributed by atoms with van der Waals surface area (Å²) in [5.41, 5.74) is 3.78. The van der Waals surface area contributed by atoms with Crippen LogP contribution >= 0.6 is 11.6 Å². The Morgan fingerprint density at radius 2 is 1.85 bits per heavy atom. The van der Waals surface area contributed by atoms with Crippen LogP contribution in [0.25, 0.3) is 0 Å². The molecule has 0 N–H and O–H groups in total. The van der Waals surface area contributed by atoms with Gasteiger partial charge in [0.25, 0.3) is 0 Å². The van der Waals surface area contributed by atoms with Crippen LogP contribution in [0.15, 0.2) is 67.0 Å². The normalized spacial score (nSPS) is 18.1. The third-order valence-electron chi connectivity index (χ3n) is 4.69. The van der Waals surface area contributed by atoms with Crippen molar-refractivity contribution >= 4 is 11.6 Å². The fraction of sp³-hybridized carbons (Fsp3) is 0.286. The van der Waals surface area contributed by atoms with E-state index in [0.29, 0.717) is 0 Å². The first-order chi connectivity index (χ1) is 12.8. The van der Waals surface area contributed by atoms with Crippen LogP contribution in [-0.2, 0) is 17.8 Å². The summed E-state index contributed by atoms with van der Waals surface area (Å²) in [4.78, 5) is 2.45. The maximum Gasteiger partial charge on any atom is 0.0952 e. The summed E-state index contributed by atoms with van der Waals surface area (Å²) >= 11 is 5.99. The van der Waals surface area contributed by atoms with Crippen LogP contribution in [-0.4, -0.2) is 34.4 Å². The van der Waals surface area contributed by atoms with Crippen molar-refractivity contribution in [2.45, 2.75) is 19.2 Å². The Morgan fingerprint density at radius 3 is 2.62 bits per heavy atom. The van der Waals surface area contributed by atoms with Crippen LogP contribution in [0.3, 0.4) is 0 Å². The molecule has 4 nitrogen and oxygen atoms in total. The maximum atomic E-state index is 5.99. The van der Waals surface area contributed by atoms with E-state index >= 15 is 0 Å². The summed E-state index contributed by atoms with van der Waals surface area (Å²) in [7, 11) is 0. The lowest BCUT2D eigenvalue weighted by atomic mass is 10.1. The molecule has 1 aromatic heterocycles. The molecule has 0 amide bonds. The third-order valence-corrected chi connectivity index (χ3v) is 4.95. The number of hydrogen-bond acceptors (Lipinski definition) is 3. The number of benzene rings is 2. The van der Waals surface area contributed by atoms with Crippen molar-refractivity contribution in [3.63, 3.8) is 0 Å². The maximum absolute atomic E-state index is 5.99. The van der Waals surface area contributed by atoms with Gasteiger partial charge < -0.3 is 4.74 Å². The lowest BCUT2D eigenvalue weighted by Crippen LogP contribution is -2.37. The van der Waals surface area contributed by atoms with Gasteiger partial charge in [0.2, 0.25) is 0 Å². The zero-order valence-electron chi connectivity index (χ0n) is 14.6. The van der Waals surface area contributed by atoms with Crippen molar-refractivity contribution in [2.24, 2.45) is 0 Å². The van der Waals surface area contributed by atoms with Gasteiger partial charge in [-0.1, -0.05) is 48.0 Å². The molecule has 1 saturated heterocycles. The molecule has 0 aliphatic carbocycles. The van der Waals surface area contributed by atoms with Gasteiger partial charge in [-0.15, -0.1) is 0 Å². The molecular weight excluding hydrogens is 346 g/mol. The van der Waals surface area contributed by atoms with Gasteiger partial charge in [-0.25, -0.2) is 0 Å². The van der Waals surface area contributed by atoms with Crippen molar-refractivity contribution in [3.8, 4) is 0 Å². The summed E-state index contributed by atoms with van der Waals surface area (Å²) < 4.78 is 7.92. The Labute approximate surface area is 159 Å². The Hall–Kier alpha value is -2.14. The van der Waals surface area contributed by atoms with Gasteiger partial charge in [-0.2, -0.15) is 5.10 Å². The van der Waals surface area contributed by atoms with Crippen LogP contribution < -0.4 is 0 Å². The molecule has 0 saturated carbocycles. The van der Waals surface area contributed by atoms with Crippen LogP contribution in [0.1, 0.15) is 22.8 Å². The summed E-state index contributed by atoms with van der Waals surface area (Å²) in [5.74, 6) is 0. The number of hydrogen-bond donors (Lipinski definition) is 0. The Balaban J connectivity index is 1.41. The SMILES string of the molecule is Clc1ccc(C2CN(Cc3cccc(Cn4cccn4)c3)CCO2)cc1. The molecule has 1 aliphatic heterocycles. The molecule has 0 bridgehead atoms. The van der Waals surface area contributed by atoms with E-state index in [1.807, 2.05) is 35.3 Å². The number of halogens is 1. The predicted octanol–water partition coefficient (Wildman–Crippen LogP) is 4.16. The number of morpholine rings is 1. The van der Waals surface area contributed by atoms with Crippen molar-refractivity contribution in [3.05, 3.63) is 88.7 Å². The van der Waals surface area contributed by atoms with Gasteiger partial charge >= 0.3 is 0 Å². The first kappa shape index (κ1) is 17.3. The molecular formula is C21H22ClN3O. The molecule has 134 valence electrons. The van der Waals surface area contributed by atoms with Gasteiger partial charge in [0.15, 0.2) is 0 Å². The van der Waals surface area contributed by atoms with E-state index < -0.39 is 0 Å². The number of aromatic nitrogens is 2. The molecule has 0 radical (unpaired) electrons. The molecule has 3 aromatic rings. The van der Waals surface area contributed by atoms with Crippen LogP contribution in [0.5, 0.6) is 0 Å². The van der Waals surface area contributed by atoms with E-state index in [0.717, 1.165) is 37.8 Å². The first-order valence-electron chi connectivity index (χ1n) is 8.91. The van der Waals surface area contributed by atoms with Gasteiger partial charge in [-0.05, 0) is 34.9 Å². The second-order valence-corrected chi connectivity index (χ2v) is 7.11. The fourth-order valence-corrected chi connectivity index (χ4v) is 3.52. The summed E-state index contributed by atoms with van der Waals surface area (Å²) in [6.07, 6.45) is 3.91. The second-order valence-electron chi connectivity index (χ2n) is 6.67. The Kier molecular flexibility index (Phi) is 5.34. The summed E-state index contributed by atoms with van der Waals surface area (Å²) in [5, 5.41) is 5.05. The van der Waals surface area contributed by atoms with Crippen LogP contribution in [0, 0.1) is 0 Å². The zero-order chi connectivity index (χ0) is 17.8. The minimum atomic E-state index is 0.105. The minimum absolute atomic E-state index is 0.105. The second kappa shape index (κ2) is 8.04. The zero-order valence-corrected chi connectivity index (χ0v) is 15.3. The molecule has 1 aliphatic rings. The highest BCUT2D eigenvalue weighted by Crippen LogP contribution is 2.24. The molecule has 1 atom stereocenters. The highest BCUT2D eigenvalue weighted by Gasteiger charge is 2.22. The first-order valence-corrected chi connectivity index (χ1v) is 9.29. The Morgan fingerprint density at radius 1 is 1.04 bits per heavy atom. The number of ether oxygens (including phenoxy) is 1.